The second-order valence-corrected chi connectivity index (χ2v) is 3.64. The second kappa shape index (κ2) is 8.46. The molecule has 0 nitrogen and oxygen atoms in total. The summed E-state index contributed by atoms with van der Waals surface area (Å²) < 4.78 is 25.4. The molecule has 13 heavy (non-hydrogen) atoms. The molecule has 3 atom stereocenters. The van der Waals surface area contributed by atoms with Gasteiger partial charge in [0.15, 0.2) is 0 Å². The molecule has 0 N–H and O–H groups in total. The Bertz CT molecular complexity index is 100. The summed E-state index contributed by atoms with van der Waals surface area (Å²) in [7, 11) is 0. The van der Waals surface area contributed by atoms with E-state index in [1.165, 1.54) is 6.92 Å². The lowest BCUT2D eigenvalue weighted by molar-refractivity contribution is 0.149. The van der Waals surface area contributed by atoms with E-state index >= 15 is 0 Å². The summed E-state index contributed by atoms with van der Waals surface area (Å²) in [6, 6.07) is 0. The van der Waals surface area contributed by atoms with Crippen LogP contribution in [0, 0.1) is 11.8 Å². The molecule has 0 fully saturated rings. The maximum atomic E-state index is 13.1. The maximum Gasteiger partial charge on any atom is 0.106 e. The number of hydrogen-bond acceptors (Lipinski definition) is 0. The molecule has 0 amide bonds. The third kappa shape index (κ3) is 8.20. The Labute approximate surface area is 81.7 Å². The molecule has 0 spiro atoms. The number of rotatable bonds is 4. The van der Waals surface area contributed by atoms with Gasteiger partial charge in [0.2, 0.25) is 0 Å². The fourth-order valence-corrected chi connectivity index (χ4v) is 0.943. The third-order valence-corrected chi connectivity index (χ3v) is 2.17. The quantitative estimate of drug-likeness (QED) is 0.622. The van der Waals surface area contributed by atoms with E-state index in [1.807, 2.05) is 34.6 Å². The van der Waals surface area contributed by atoms with Crippen molar-refractivity contribution >= 4 is 0 Å². The van der Waals surface area contributed by atoms with Crippen LogP contribution >= 0.6 is 0 Å². The van der Waals surface area contributed by atoms with Crippen molar-refractivity contribution in [3.63, 3.8) is 0 Å². The van der Waals surface area contributed by atoms with Gasteiger partial charge in [-0.05, 0) is 18.8 Å². The van der Waals surface area contributed by atoms with Crippen molar-refractivity contribution in [3.8, 4) is 0 Å². The standard InChI is InChI=1S/C9H18F2.C2H6/c1-6(2)8(4)9(11)5-7(3)10;1-2/h6-9H,5H2,1-4H3;1-2H3. The van der Waals surface area contributed by atoms with E-state index in [0.717, 1.165) is 0 Å². The Hall–Kier alpha value is -0.140. The van der Waals surface area contributed by atoms with Gasteiger partial charge in [-0.3, -0.25) is 0 Å². The molecule has 0 aromatic heterocycles. The van der Waals surface area contributed by atoms with Crippen LogP contribution in [-0.2, 0) is 0 Å². The van der Waals surface area contributed by atoms with Crippen molar-refractivity contribution in [1.29, 1.82) is 0 Å². The molecule has 0 bridgehead atoms. The minimum absolute atomic E-state index is 0.0341. The fraction of sp³-hybridized carbons (Fsp3) is 1.00. The third-order valence-electron chi connectivity index (χ3n) is 2.17. The van der Waals surface area contributed by atoms with Gasteiger partial charge in [-0.25, -0.2) is 8.78 Å². The predicted molar refractivity (Wildman–Crippen MR) is 55.4 cm³/mol. The zero-order valence-corrected chi connectivity index (χ0v) is 9.77. The monoisotopic (exact) mass is 194 g/mol. The molecule has 0 heterocycles. The van der Waals surface area contributed by atoms with Crippen molar-refractivity contribution < 1.29 is 8.78 Å². The highest BCUT2D eigenvalue weighted by atomic mass is 19.1. The van der Waals surface area contributed by atoms with Crippen molar-refractivity contribution in [2.75, 3.05) is 0 Å². The van der Waals surface area contributed by atoms with Crippen LogP contribution in [0.1, 0.15) is 48.0 Å². The summed E-state index contributed by atoms with van der Waals surface area (Å²) in [6.07, 6.45) is -1.97. The van der Waals surface area contributed by atoms with Gasteiger partial charge >= 0.3 is 0 Å². The lowest BCUT2D eigenvalue weighted by Gasteiger charge is -2.20. The van der Waals surface area contributed by atoms with Crippen LogP contribution in [0.5, 0.6) is 0 Å². The molecule has 3 unspecified atom stereocenters. The molecule has 82 valence electrons. The zero-order valence-electron chi connectivity index (χ0n) is 9.77. The van der Waals surface area contributed by atoms with Gasteiger partial charge in [0.25, 0.3) is 0 Å². The Morgan fingerprint density at radius 1 is 0.923 bits per heavy atom. The van der Waals surface area contributed by atoms with Crippen molar-refractivity contribution in [1.82, 2.24) is 0 Å². The first-order valence-electron chi connectivity index (χ1n) is 5.23. The lowest BCUT2D eigenvalue weighted by Crippen LogP contribution is -2.20. The lowest BCUT2D eigenvalue weighted by atomic mass is 9.91. The summed E-state index contributed by atoms with van der Waals surface area (Å²) in [5.74, 6) is 0.261. The molecule has 0 aliphatic rings. The van der Waals surface area contributed by atoms with Gasteiger partial charge in [-0.2, -0.15) is 0 Å². The van der Waals surface area contributed by atoms with Crippen LogP contribution in [0.3, 0.4) is 0 Å². The minimum atomic E-state index is -1.02. The summed E-state index contributed by atoms with van der Waals surface area (Å²) >= 11 is 0. The van der Waals surface area contributed by atoms with Crippen molar-refractivity contribution in [2.24, 2.45) is 11.8 Å². The summed E-state index contributed by atoms with van der Waals surface area (Å²) in [6.45, 7) is 11.2. The molecule has 0 aliphatic heterocycles. The second-order valence-electron chi connectivity index (χ2n) is 3.64. The van der Waals surface area contributed by atoms with E-state index in [9.17, 15) is 8.78 Å². The molecule has 0 saturated heterocycles. The fourth-order valence-electron chi connectivity index (χ4n) is 0.943. The van der Waals surface area contributed by atoms with Crippen LogP contribution in [0.2, 0.25) is 0 Å². The van der Waals surface area contributed by atoms with E-state index < -0.39 is 12.3 Å². The molecule has 0 radical (unpaired) electrons. The Balaban J connectivity index is 0. The SMILES string of the molecule is CC.CC(F)CC(F)C(C)C(C)C. The Kier molecular flexibility index (Phi) is 9.98. The van der Waals surface area contributed by atoms with E-state index in [4.69, 9.17) is 0 Å². The summed E-state index contributed by atoms with van der Waals surface area (Å²) in [4.78, 5) is 0. The van der Waals surface area contributed by atoms with Crippen molar-refractivity contribution in [2.45, 2.75) is 60.3 Å². The highest BCUT2D eigenvalue weighted by Crippen LogP contribution is 2.21. The predicted octanol–water partition coefficient (Wildman–Crippen LogP) is 4.39. The highest BCUT2D eigenvalue weighted by Gasteiger charge is 2.21. The van der Waals surface area contributed by atoms with Crippen molar-refractivity contribution in [3.05, 3.63) is 0 Å². The molecule has 0 saturated carbocycles. The van der Waals surface area contributed by atoms with E-state index in [0.29, 0.717) is 5.92 Å². The van der Waals surface area contributed by atoms with Crippen LogP contribution < -0.4 is 0 Å². The van der Waals surface area contributed by atoms with E-state index in [2.05, 4.69) is 0 Å². The first kappa shape index (κ1) is 15.3. The Morgan fingerprint density at radius 2 is 1.31 bits per heavy atom. The molecule has 0 aliphatic carbocycles. The van der Waals surface area contributed by atoms with Gasteiger partial charge in [0.05, 0.1) is 0 Å². The van der Waals surface area contributed by atoms with Gasteiger partial charge in [-0.1, -0.05) is 34.6 Å². The normalized spacial score (nSPS) is 17.3. The van der Waals surface area contributed by atoms with E-state index in [-0.39, 0.29) is 12.3 Å². The summed E-state index contributed by atoms with van der Waals surface area (Å²) in [5.41, 5.74) is 0. The number of alkyl halides is 2. The topological polar surface area (TPSA) is 0 Å². The van der Waals surface area contributed by atoms with Gasteiger partial charge in [0.1, 0.15) is 12.3 Å². The Morgan fingerprint density at radius 3 is 1.54 bits per heavy atom. The molecule has 0 aromatic rings. The smallest absolute Gasteiger partial charge is 0.106 e. The molecule has 0 rings (SSSR count). The zero-order chi connectivity index (χ0) is 11.0. The molecule has 2 heteroatoms. The van der Waals surface area contributed by atoms with E-state index in [1.54, 1.807) is 0 Å². The maximum absolute atomic E-state index is 13.1. The van der Waals surface area contributed by atoms with Crippen LogP contribution in [-0.4, -0.2) is 12.3 Å². The van der Waals surface area contributed by atoms with Gasteiger partial charge in [0, 0.05) is 6.42 Å². The largest absolute Gasteiger partial charge is 0.248 e. The van der Waals surface area contributed by atoms with Gasteiger partial charge in [-0.15, -0.1) is 0 Å². The molecular formula is C11H24F2. The molecular weight excluding hydrogens is 170 g/mol. The van der Waals surface area contributed by atoms with Crippen LogP contribution in [0.25, 0.3) is 0 Å². The minimum Gasteiger partial charge on any atom is -0.248 e. The first-order valence-corrected chi connectivity index (χ1v) is 5.23. The highest BCUT2D eigenvalue weighted by molar-refractivity contribution is 4.70. The average Bonchev–Trinajstić information content (AvgIpc) is 2.05. The first-order chi connectivity index (χ1) is 5.95. The number of hydrogen-bond donors (Lipinski definition) is 0. The van der Waals surface area contributed by atoms with Crippen LogP contribution in [0.15, 0.2) is 0 Å². The van der Waals surface area contributed by atoms with Crippen LogP contribution in [0.4, 0.5) is 8.78 Å². The number of halogens is 2. The van der Waals surface area contributed by atoms with Gasteiger partial charge < -0.3 is 0 Å². The average molecular weight is 194 g/mol. The summed E-state index contributed by atoms with van der Waals surface area (Å²) in [5, 5.41) is 0. The molecule has 0 aromatic carbocycles.